The van der Waals surface area contributed by atoms with Crippen LogP contribution in [0.1, 0.15) is 37.4 Å². The van der Waals surface area contributed by atoms with Crippen molar-refractivity contribution in [2.24, 2.45) is 0 Å². The molecule has 224 valence electrons. The molecule has 3 aliphatic rings. The summed E-state index contributed by atoms with van der Waals surface area (Å²) in [6, 6.07) is 13.6. The lowest BCUT2D eigenvalue weighted by Crippen LogP contribution is -2.55. The number of carbonyl (C=O) groups excluding carboxylic acids is 1. The van der Waals surface area contributed by atoms with Gasteiger partial charge in [0.05, 0.1) is 30.8 Å². The van der Waals surface area contributed by atoms with Crippen molar-refractivity contribution in [2.75, 3.05) is 55.7 Å². The van der Waals surface area contributed by atoms with E-state index in [-0.39, 0.29) is 24.2 Å². The van der Waals surface area contributed by atoms with E-state index >= 15 is 0 Å². The van der Waals surface area contributed by atoms with Crippen molar-refractivity contribution in [3.8, 4) is 12.1 Å². The second-order valence-corrected chi connectivity index (χ2v) is 11.5. The fourth-order valence-corrected chi connectivity index (χ4v) is 6.85. The number of nitrogens with zero attached hydrogens (tertiary/aromatic N) is 7. The Morgan fingerprint density at radius 3 is 2.74 bits per heavy atom. The molecule has 0 spiro atoms. The number of nitriles is 1. The lowest BCUT2D eigenvalue weighted by atomic mass is 10.0. The van der Waals surface area contributed by atoms with Gasteiger partial charge in [0.15, 0.2) is 0 Å². The molecule has 9 nitrogen and oxygen atoms in total. The molecule has 1 amide bonds. The van der Waals surface area contributed by atoms with Crippen LogP contribution in [-0.4, -0.2) is 83.6 Å². The molecule has 1 aromatic heterocycles. The lowest BCUT2D eigenvalue weighted by Gasteiger charge is -2.42. The standard InChI is InChI=1S/C33H38FN7O2/c1-3-31(42)41-19-18-40(20-23(41)13-15-35)32-27-14-17-39(30-12-11-28(34)25-9-5-6-10-26(25)30)21-29(27)36-33(37-32)43-22-24-8-7-16-38(24)4-2/h3,5-6,9-12,23-24H,1,4,7-8,13-14,16-22H2,2H3/t23?,24-/m0/s1. The maximum absolute atomic E-state index is 14.6. The first-order valence-corrected chi connectivity index (χ1v) is 15.2. The molecule has 0 bridgehead atoms. The summed E-state index contributed by atoms with van der Waals surface area (Å²) in [7, 11) is 0. The maximum atomic E-state index is 14.6. The summed E-state index contributed by atoms with van der Waals surface area (Å²) in [5.41, 5.74) is 2.92. The van der Waals surface area contributed by atoms with Crippen molar-refractivity contribution in [3.05, 3.63) is 66.1 Å². The van der Waals surface area contributed by atoms with Crippen molar-refractivity contribution < 1.29 is 13.9 Å². The number of rotatable bonds is 8. The zero-order chi connectivity index (χ0) is 29.9. The van der Waals surface area contributed by atoms with Gasteiger partial charge in [0.2, 0.25) is 5.91 Å². The van der Waals surface area contributed by atoms with Gasteiger partial charge in [-0.25, -0.2) is 4.39 Å². The predicted octanol–water partition coefficient (Wildman–Crippen LogP) is 4.31. The van der Waals surface area contributed by atoms with E-state index in [1.807, 2.05) is 30.3 Å². The fourth-order valence-electron chi connectivity index (χ4n) is 6.85. The highest BCUT2D eigenvalue weighted by Gasteiger charge is 2.34. The van der Waals surface area contributed by atoms with E-state index in [1.165, 1.54) is 12.1 Å². The Labute approximate surface area is 252 Å². The van der Waals surface area contributed by atoms with Gasteiger partial charge in [-0.05, 0) is 50.6 Å². The minimum absolute atomic E-state index is 0.159. The average Bonchev–Trinajstić information content (AvgIpc) is 3.51. The third-order valence-corrected chi connectivity index (χ3v) is 9.09. The van der Waals surface area contributed by atoms with Crippen molar-refractivity contribution >= 4 is 28.2 Å². The molecule has 1 unspecified atom stereocenters. The molecule has 2 aromatic carbocycles. The first-order chi connectivity index (χ1) is 21.0. The van der Waals surface area contributed by atoms with Gasteiger partial charge in [-0.2, -0.15) is 15.2 Å². The van der Waals surface area contributed by atoms with Crippen LogP contribution in [0.15, 0.2) is 49.1 Å². The number of fused-ring (bicyclic) bond motifs is 2. The molecule has 2 saturated heterocycles. The van der Waals surface area contributed by atoms with Crippen LogP contribution < -0.4 is 14.5 Å². The maximum Gasteiger partial charge on any atom is 0.318 e. The highest BCUT2D eigenvalue weighted by Crippen LogP contribution is 2.35. The molecule has 43 heavy (non-hydrogen) atoms. The zero-order valence-electron chi connectivity index (χ0n) is 24.7. The van der Waals surface area contributed by atoms with E-state index in [4.69, 9.17) is 14.7 Å². The van der Waals surface area contributed by atoms with Crippen molar-refractivity contribution in [1.82, 2.24) is 19.8 Å². The summed E-state index contributed by atoms with van der Waals surface area (Å²) in [5, 5.41) is 11.0. The number of piperazine rings is 1. The average molecular weight is 584 g/mol. The number of ether oxygens (including phenoxy) is 1. The Balaban J connectivity index is 1.33. The molecule has 0 N–H and O–H groups in total. The lowest BCUT2D eigenvalue weighted by molar-refractivity contribution is -0.128. The van der Waals surface area contributed by atoms with Gasteiger partial charge in [-0.15, -0.1) is 0 Å². The van der Waals surface area contributed by atoms with Gasteiger partial charge in [0, 0.05) is 54.2 Å². The Morgan fingerprint density at radius 2 is 1.95 bits per heavy atom. The van der Waals surface area contributed by atoms with Crippen LogP contribution in [0.3, 0.4) is 0 Å². The molecule has 10 heteroatoms. The Bertz CT molecular complexity index is 1560. The Kier molecular flexibility index (Phi) is 8.43. The van der Waals surface area contributed by atoms with Crippen LogP contribution in [0, 0.1) is 17.1 Å². The third-order valence-electron chi connectivity index (χ3n) is 9.09. The number of hydrogen-bond acceptors (Lipinski definition) is 8. The number of benzene rings is 2. The largest absolute Gasteiger partial charge is 0.462 e. The number of carbonyl (C=O) groups is 1. The van der Waals surface area contributed by atoms with Crippen molar-refractivity contribution in [1.29, 1.82) is 5.26 Å². The zero-order valence-corrected chi connectivity index (χ0v) is 24.7. The first-order valence-electron chi connectivity index (χ1n) is 15.2. The highest BCUT2D eigenvalue weighted by molar-refractivity contribution is 5.94. The van der Waals surface area contributed by atoms with Gasteiger partial charge in [0.25, 0.3) is 0 Å². The van der Waals surface area contributed by atoms with E-state index in [1.54, 1.807) is 4.90 Å². The first kappa shape index (κ1) is 28.9. The molecule has 3 aromatic rings. The van der Waals surface area contributed by atoms with E-state index < -0.39 is 0 Å². The van der Waals surface area contributed by atoms with Crippen molar-refractivity contribution in [3.63, 3.8) is 0 Å². The summed E-state index contributed by atoms with van der Waals surface area (Å²) in [5.74, 6) is 0.426. The second-order valence-electron chi connectivity index (χ2n) is 11.5. The van der Waals surface area contributed by atoms with E-state index in [0.29, 0.717) is 56.6 Å². The van der Waals surface area contributed by atoms with Crippen LogP contribution in [0.2, 0.25) is 0 Å². The van der Waals surface area contributed by atoms with Gasteiger partial charge < -0.3 is 19.4 Å². The topological polar surface area (TPSA) is 88.8 Å². The van der Waals surface area contributed by atoms with E-state index in [2.05, 4.69) is 34.3 Å². The second kappa shape index (κ2) is 12.6. The number of halogens is 1. The minimum atomic E-state index is -0.262. The fraction of sp³-hybridized carbons (Fsp3) is 0.455. The number of amides is 1. The van der Waals surface area contributed by atoms with Gasteiger partial charge >= 0.3 is 6.01 Å². The molecule has 0 saturated carbocycles. The molecule has 0 aliphatic carbocycles. The normalized spacial score (nSPS) is 20.6. The van der Waals surface area contributed by atoms with Crippen LogP contribution in [0.25, 0.3) is 10.8 Å². The monoisotopic (exact) mass is 583 g/mol. The van der Waals surface area contributed by atoms with Crippen LogP contribution in [-0.2, 0) is 17.8 Å². The number of hydrogen-bond donors (Lipinski definition) is 0. The third kappa shape index (κ3) is 5.74. The van der Waals surface area contributed by atoms with E-state index in [0.717, 1.165) is 60.6 Å². The van der Waals surface area contributed by atoms with E-state index in [9.17, 15) is 14.4 Å². The van der Waals surface area contributed by atoms with Crippen LogP contribution in [0.4, 0.5) is 15.9 Å². The molecule has 2 atom stereocenters. The summed E-state index contributed by atoms with van der Waals surface area (Å²) in [4.78, 5) is 31.0. The molecule has 3 aliphatic heterocycles. The minimum Gasteiger partial charge on any atom is -0.462 e. The quantitative estimate of drug-likeness (QED) is 0.363. The molecule has 6 rings (SSSR count). The van der Waals surface area contributed by atoms with Gasteiger partial charge in [-0.1, -0.05) is 37.8 Å². The SMILES string of the molecule is C=CC(=O)N1CCN(c2nc(OC[C@@H]3CCCN3CC)nc3c2CCN(c2ccc(F)c4ccccc24)C3)CC1CC#N. The van der Waals surface area contributed by atoms with Crippen molar-refractivity contribution in [2.45, 2.75) is 51.2 Å². The Hall–Kier alpha value is -4.23. The predicted molar refractivity (Wildman–Crippen MR) is 165 cm³/mol. The molecule has 0 radical (unpaired) electrons. The molecular formula is C33H38FN7O2. The summed E-state index contributed by atoms with van der Waals surface area (Å²) < 4.78 is 20.9. The molecule has 2 fully saturated rings. The van der Waals surface area contributed by atoms with Crippen LogP contribution >= 0.6 is 0 Å². The summed E-state index contributed by atoms with van der Waals surface area (Å²) in [6.07, 6.45) is 4.50. The molecule has 4 heterocycles. The van der Waals surface area contributed by atoms with Gasteiger partial charge in [-0.3, -0.25) is 9.69 Å². The number of likely N-dealkylation sites (N-methyl/N-ethyl adjacent to an activating group) is 1. The highest BCUT2D eigenvalue weighted by atomic mass is 19.1. The smallest absolute Gasteiger partial charge is 0.318 e. The number of likely N-dealkylation sites (tertiary alicyclic amines) is 1. The number of aromatic nitrogens is 2. The Morgan fingerprint density at radius 1 is 1.12 bits per heavy atom. The summed E-state index contributed by atoms with van der Waals surface area (Å²) >= 11 is 0. The van der Waals surface area contributed by atoms with Gasteiger partial charge in [0.1, 0.15) is 18.2 Å². The summed E-state index contributed by atoms with van der Waals surface area (Å²) in [6.45, 7) is 11.2. The molecular weight excluding hydrogens is 545 g/mol. The van der Waals surface area contributed by atoms with Crippen LogP contribution in [0.5, 0.6) is 6.01 Å². The number of anilines is 2.